The lowest BCUT2D eigenvalue weighted by molar-refractivity contribution is 0.886. The normalized spacial score (nSPS) is 13.7. The van der Waals surface area contributed by atoms with Gasteiger partial charge in [-0.05, 0) is 49.6 Å². The van der Waals surface area contributed by atoms with E-state index in [1.54, 1.807) is 0 Å². The molecule has 1 aliphatic heterocycles. The monoisotopic (exact) mass is 346 g/mol. The maximum atomic E-state index is 4.63. The Labute approximate surface area is 153 Å². The lowest BCUT2D eigenvalue weighted by Gasteiger charge is -2.17. The highest BCUT2D eigenvalue weighted by Gasteiger charge is 2.17. The molecule has 3 aromatic rings. The van der Waals surface area contributed by atoms with Crippen molar-refractivity contribution in [1.82, 2.24) is 15.0 Å². The van der Waals surface area contributed by atoms with E-state index in [-0.39, 0.29) is 0 Å². The zero-order valence-corrected chi connectivity index (χ0v) is 14.8. The highest BCUT2D eigenvalue weighted by Crippen LogP contribution is 2.22. The molecule has 0 radical (unpaired) electrons. The summed E-state index contributed by atoms with van der Waals surface area (Å²) < 4.78 is 0. The van der Waals surface area contributed by atoms with Crippen molar-refractivity contribution in [3.63, 3.8) is 0 Å². The van der Waals surface area contributed by atoms with E-state index in [1.165, 1.54) is 18.4 Å². The highest BCUT2D eigenvalue weighted by molar-refractivity contribution is 5.59. The number of nitrogens with zero attached hydrogens (tertiary/aromatic N) is 4. The number of rotatable bonds is 5. The van der Waals surface area contributed by atoms with Crippen molar-refractivity contribution < 1.29 is 0 Å². The molecule has 2 heterocycles. The van der Waals surface area contributed by atoms with Crippen molar-refractivity contribution in [2.45, 2.75) is 19.8 Å². The first-order valence-corrected chi connectivity index (χ1v) is 8.93. The van der Waals surface area contributed by atoms with Crippen molar-refractivity contribution >= 4 is 29.2 Å². The van der Waals surface area contributed by atoms with Crippen LogP contribution in [0.2, 0.25) is 0 Å². The number of para-hydroxylation sites is 1. The molecular formula is C20H22N6. The van der Waals surface area contributed by atoms with Crippen LogP contribution in [0.1, 0.15) is 18.4 Å². The SMILES string of the molecule is Cc1cccc(Nc2nc(Nc3ccccc3)nc(N3CCCC3)n2)c1. The van der Waals surface area contributed by atoms with Crippen LogP contribution in [0.25, 0.3) is 0 Å². The summed E-state index contributed by atoms with van der Waals surface area (Å²) in [6.45, 7) is 4.04. The predicted octanol–water partition coefficient (Wildman–Crippen LogP) is 4.27. The maximum Gasteiger partial charge on any atom is 0.233 e. The molecule has 2 N–H and O–H groups in total. The molecule has 132 valence electrons. The lowest BCUT2D eigenvalue weighted by Crippen LogP contribution is -2.21. The molecule has 1 aliphatic rings. The number of benzene rings is 2. The van der Waals surface area contributed by atoms with Crippen LogP contribution in [0.3, 0.4) is 0 Å². The van der Waals surface area contributed by atoms with Crippen LogP contribution >= 0.6 is 0 Å². The quantitative estimate of drug-likeness (QED) is 0.719. The van der Waals surface area contributed by atoms with E-state index < -0.39 is 0 Å². The standard InChI is InChI=1S/C20H22N6/c1-15-8-7-11-17(14-15)22-19-23-18(21-16-9-3-2-4-10-16)24-20(25-19)26-12-5-6-13-26/h2-4,7-11,14H,5-6,12-13H2,1H3,(H2,21,22,23,24,25). The van der Waals surface area contributed by atoms with Gasteiger partial charge in [0.1, 0.15) is 0 Å². The van der Waals surface area contributed by atoms with Crippen LogP contribution in [-0.4, -0.2) is 28.0 Å². The number of aryl methyl sites for hydroxylation is 1. The van der Waals surface area contributed by atoms with Gasteiger partial charge in [0.05, 0.1) is 0 Å². The zero-order valence-electron chi connectivity index (χ0n) is 14.8. The van der Waals surface area contributed by atoms with Gasteiger partial charge in [0.25, 0.3) is 0 Å². The second-order valence-electron chi connectivity index (χ2n) is 6.46. The molecule has 4 rings (SSSR count). The average molecular weight is 346 g/mol. The minimum Gasteiger partial charge on any atom is -0.341 e. The Hall–Kier alpha value is -3.15. The van der Waals surface area contributed by atoms with Crippen LogP contribution in [-0.2, 0) is 0 Å². The maximum absolute atomic E-state index is 4.63. The van der Waals surface area contributed by atoms with Gasteiger partial charge in [0, 0.05) is 24.5 Å². The van der Waals surface area contributed by atoms with Crippen molar-refractivity contribution in [1.29, 1.82) is 0 Å². The molecule has 1 aromatic heterocycles. The molecule has 0 aliphatic carbocycles. The largest absolute Gasteiger partial charge is 0.341 e. The number of hydrogen-bond donors (Lipinski definition) is 2. The molecule has 1 saturated heterocycles. The van der Waals surface area contributed by atoms with E-state index in [1.807, 2.05) is 42.5 Å². The van der Waals surface area contributed by atoms with Gasteiger partial charge in [0.2, 0.25) is 17.8 Å². The van der Waals surface area contributed by atoms with Crippen LogP contribution in [0, 0.1) is 6.92 Å². The third-order valence-corrected chi connectivity index (χ3v) is 4.32. The fourth-order valence-corrected chi connectivity index (χ4v) is 3.04. The molecule has 1 fully saturated rings. The lowest BCUT2D eigenvalue weighted by atomic mass is 10.2. The summed E-state index contributed by atoms with van der Waals surface area (Å²) in [5.74, 6) is 1.81. The first-order valence-electron chi connectivity index (χ1n) is 8.93. The smallest absolute Gasteiger partial charge is 0.233 e. The zero-order chi connectivity index (χ0) is 17.8. The summed E-state index contributed by atoms with van der Waals surface area (Å²) in [6.07, 6.45) is 2.35. The minimum atomic E-state index is 0.545. The van der Waals surface area contributed by atoms with Gasteiger partial charge in [-0.25, -0.2) is 0 Å². The van der Waals surface area contributed by atoms with Gasteiger partial charge in [-0.3, -0.25) is 0 Å². The fraction of sp³-hybridized carbons (Fsp3) is 0.250. The molecule has 26 heavy (non-hydrogen) atoms. The molecule has 0 unspecified atom stereocenters. The molecule has 0 amide bonds. The van der Waals surface area contributed by atoms with Gasteiger partial charge >= 0.3 is 0 Å². The van der Waals surface area contributed by atoms with Crippen LogP contribution < -0.4 is 15.5 Å². The van der Waals surface area contributed by atoms with Crippen molar-refractivity contribution in [2.24, 2.45) is 0 Å². The van der Waals surface area contributed by atoms with Crippen LogP contribution in [0.5, 0.6) is 0 Å². The second-order valence-corrected chi connectivity index (χ2v) is 6.46. The van der Waals surface area contributed by atoms with E-state index in [0.717, 1.165) is 24.5 Å². The second kappa shape index (κ2) is 7.39. The molecule has 2 aromatic carbocycles. The number of anilines is 5. The Bertz CT molecular complexity index is 874. The van der Waals surface area contributed by atoms with E-state index in [9.17, 15) is 0 Å². The molecule has 6 nitrogen and oxygen atoms in total. The van der Waals surface area contributed by atoms with Gasteiger partial charge in [-0.1, -0.05) is 30.3 Å². The molecule has 0 saturated carbocycles. The topological polar surface area (TPSA) is 66.0 Å². The minimum absolute atomic E-state index is 0.545. The van der Waals surface area contributed by atoms with Crippen molar-refractivity contribution in [3.8, 4) is 0 Å². The Morgan fingerprint density at radius 2 is 1.42 bits per heavy atom. The average Bonchev–Trinajstić information content (AvgIpc) is 3.17. The van der Waals surface area contributed by atoms with Gasteiger partial charge in [0.15, 0.2) is 0 Å². The Kier molecular flexibility index (Phi) is 4.64. The number of aromatic nitrogens is 3. The summed E-state index contributed by atoms with van der Waals surface area (Å²) in [5.41, 5.74) is 3.10. The van der Waals surface area contributed by atoms with Crippen LogP contribution in [0.4, 0.5) is 29.2 Å². The van der Waals surface area contributed by atoms with Gasteiger partial charge < -0.3 is 15.5 Å². The first kappa shape index (κ1) is 16.3. The third-order valence-electron chi connectivity index (χ3n) is 4.32. The molecule has 0 atom stereocenters. The summed E-state index contributed by atoms with van der Waals surface area (Å²) in [6, 6.07) is 18.1. The van der Waals surface area contributed by atoms with Crippen molar-refractivity contribution in [2.75, 3.05) is 28.6 Å². The van der Waals surface area contributed by atoms with Crippen LogP contribution in [0.15, 0.2) is 54.6 Å². The van der Waals surface area contributed by atoms with E-state index in [2.05, 4.69) is 49.5 Å². The molecular weight excluding hydrogens is 324 g/mol. The molecule has 0 spiro atoms. The molecule has 0 bridgehead atoms. The fourth-order valence-electron chi connectivity index (χ4n) is 3.04. The third kappa shape index (κ3) is 3.91. The number of hydrogen-bond acceptors (Lipinski definition) is 6. The van der Waals surface area contributed by atoms with E-state index in [0.29, 0.717) is 17.8 Å². The van der Waals surface area contributed by atoms with Crippen molar-refractivity contribution in [3.05, 3.63) is 60.2 Å². The number of nitrogens with one attached hydrogen (secondary N) is 2. The summed E-state index contributed by atoms with van der Waals surface area (Å²) in [4.78, 5) is 16.0. The highest BCUT2D eigenvalue weighted by atomic mass is 15.3. The summed E-state index contributed by atoms with van der Waals surface area (Å²) in [7, 11) is 0. The predicted molar refractivity (Wildman–Crippen MR) is 105 cm³/mol. The Balaban J connectivity index is 1.65. The first-order chi connectivity index (χ1) is 12.8. The summed E-state index contributed by atoms with van der Waals surface area (Å²) >= 11 is 0. The summed E-state index contributed by atoms with van der Waals surface area (Å²) in [5, 5.41) is 6.58. The Morgan fingerprint density at radius 3 is 2.12 bits per heavy atom. The van der Waals surface area contributed by atoms with Gasteiger partial charge in [-0.2, -0.15) is 15.0 Å². The molecule has 6 heteroatoms. The van der Waals surface area contributed by atoms with E-state index >= 15 is 0 Å². The Morgan fingerprint density at radius 1 is 0.769 bits per heavy atom. The van der Waals surface area contributed by atoms with Gasteiger partial charge in [-0.15, -0.1) is 0 Å². The van der Waals surface area contributed by atoms with E-state index in [4.69, 9.17) is 0 Å².